The van der Waals surface area contributed by atoms with Crippen LogP contribution < -0.4 is 84.9 Å². The maximum Gasteiger partial charge on any atom is 1.00 e. The minimum absolute atomic E-state index is 0. The normalized spacial score (nSPS) is 11.7. The summed E-state index contributed by atoms with van der Waals surface area (Å²) in [4.78, 5) is 61.7. The molecule has 18 heteroatoms. The fraction of sp³-hybridized carbons (Fsp3) is 0.125. The van der Waals surface area contributed by atoms with E-state index in [0.29, 0.717) is 23.2 Å². The average Bonchev–Trinajstić information content (AvgIpc) is 2.92. The molecule has 0 spiro atoms. The molecule has 0 radical (unpaired) electrons. The monoisotopic (exact) mass is 619 g/mol. The summed E-state index contributed by atoms with van der Waals surface area (Å²) in [5.41, 5.74) is -3.01. The van der Waals surface area contributed by atoms with Crippen molar-refractivity contribution < 1.29 is 95.9 Å². The molecule has 0 amide bonds. The Balaban J connectivity index is 0.00000242. The maximum atomic E-state index is 13.6. The Morgan fingerprint density at radius 1 is 1.00 bits per heavy atom. The smallest absolute Gasteiger partial charge is 0.790 e. The summed E-state index contributed by atoms with van der Waals surface area (Å²) in [7, 11) is -4.20. The molecule has 0 N–H and O–H groups in total. The van der Waals surface area contributed by atoms with Crippen molar-refractivity contribution in [2.75, 3.05) is 7.11 Å². The van der Waals surface area contributed by atoms with E-state index in [1.165, 1.54) is 25.4 Å². The van der Waals surface area contributed by atoms with E-state index in [0.717, 1.165) is 22.9 Å². The number of hydrogen-bond acceptors (Lipinski definition) is 10. The molecule has 4 aromatic heterocycles. The van der Waals surface area contributed by atoms with Crippen molar-refractivity contribution in [2.24, 2.45) is 0 Å². The molecule has 5 aromatic rings. The molecular formula is C24H15F3N5Na2O7P. The SMILES string of the molecule is COc1ccc(-c2ccc3ncc4c(=O)n(COP(=O)([O-])[O-])c(=O)n(-c5cccc(C(F)(F)F)c5)c4c3n2)cn1.[Na+].[Na+]. The topological polar surface area (TPSA) is 164 Å². The van der Waals surface area contributed by atoms with Gasteiger partial charge in [-0.2, -0.15) is 13.2 Å². The van der Waals surface area contributed by atoms with Gasteiger partial charge in [-0.25, -0.2) is 19.3 Å². The number of phosphoric acid groups is 1. The van der Waals surface area contributed by atoms with Crippen LogP contribution in [0.3, 0.4) is 0 Å². The van der Waals surface area contributed by atoms with Gasteiger partial charge >= 0.3 is 71.0 Å². The number of pyridine rings is 3. The summed E-state index contributed by atoms with van der Waals surface area (Å²) in [5.74, 6) is 0.332. The molecule has 1 aromatic carbocycles. The van der Waals surface area contributed by atoms with Crippen molar-refractivity contribution in [2.45, 2.75) is 12.9 Å². The molecule has 42 heavy (non-hydrogen) atoms. The molecule has 0 aliphatic rings. The van der Waals surface area contributed by atoms with Crippen LogP contribution in [0.4, 0.5) is 13.2 Å². The van der Waals surface area contributed by atoms with E-state index < -0.39 is 37.5 Å². The van der Waals surface area contributed by atoms with Crippen LogP contribution >= 0.6 is 7.82 Å². The molecule has 0 saturated heterocycles. The summed E-state index contributed by atoms with van der Waals surface area (Å²) < 4.78 is 61.9. The number of phosphoric ester groups is 1. The van der Waals surface area contributed by atoms with Crippen LogP contribution in [0.5, 0.6) is 5.88 Å². The Morgan fingerprint density at radius 3 is 2.36 bits per heavy atom. The van der Waals surface area contributed by atoms with Crippen molar-refractivity contribution in [3.8, 4) is 22.8 Å². The zero-order chi connectivity index (χ0) is 28.8. The van der Waals surface area contributed by atoms with E-state index in [2.05, 4.69) is 19.5 Å². The van der Waals surface area contributed by atoms with Gasteiger partial charge < -0.3 is 23.6 Å². The second-order valence-electron chi connectivity index (χ2n) is 8.28. The van der Waals surface area contributed by atoms with Crippen LogP contribution in [0.25, 0.3) is 38.9 Å². The standard InChI is InChI=1S/C24H17F3N5O7P.2Na/c1-38-19-8-5-13(10-29-19)17-6-7-18-20(30-17)21-16(11-28-18)22(33)31(12-39-40(35,36)37)23(34)32(21)15-4-2-3-14(9-15)24(25,26)27;;/h2-11H,12H2,1H3,(H2,35,36,37);;/q;2*+1/p-2. The van der Waals surface area contributed by atoms with Gasteiger partial charge in [0.1, 0.15) is 12.2 Å². The third kappa shape index (κ3) is 6.86. The van der Waals surface area contributed by atoms with Gasteiger partial charge in [0.25, 0.3) is 5.56 Å². The van der Waals surface area contributed by atoms with E-state index in [4.69, 9.17) is 4.74 Å². The number of alkyl halides is 3. The van der Waals surface area contributed by atoms with E-state index >= 15 is 0 Å². The number of nitrogens with zero attached hydrogens (tertiary/aromatic N) is 5. The number of methoxy groups -OCH3 is 1. The first-order valence-electron chi connectivity index (χ1n) is 11.2. The zero-order valence-electron chi connectivity index (χ0n) is 22.2. The van der Waals surface area contributed by atoms with Gasteiger partial charge in [-0.05, 0) is 36.4 Å². The molecule has 4 heterocycles. The van der Waals surface area contributed by atoms with Crippen molar-refractivity contribution in [3.63, 3.8) is 0 Å². The Hall–Kier alpha value is -2.43. The van der Waals surface area contributed by atoms with Crippen molar-refractivity contribution >= 4 is 29.8 Å². The van der Waals surface area contributed by atoms with Crippen LogP contribution in [0.2, 0.25) is 0 Å². The number of fused-ring (bicyclic) bond motifs is 3. The molecule has 0 fully saturated rings. The third-order valence-corrected chi connectivity index (χ3v) is 6.26. The van der Waals surface area contributed by atoms with Gasteiger partial charge in [0.05, 0.1) is 48.3 Å². The van der Waals surface area contributed by atoms with Crippen molar-refractivity contribution in [1.82, 2.24) is 24.1 Å². The molecule has 0 saturated carbocycles. The summed E-state index contributed by atoms with van der Waals surface area (Å²) >= 11 is 0. The molecule has 0 bridgehead atoms. The fourth-order valence-electron chi connectivity index (χ4n) is 4.00. The van der Waals surface area contributed by atoms with Gasteiger partial charge in [-0.15, -0.1) is 0 Å². The van der Waals surface area contributed by atoms with Crippen molar-refractivity contribution in [1.29, 1.82) is 0 Å². The van der Waals surface area contributed by atoms with Crippen molar-refractivity contribution in [3.05, 3.63) is 87.3 Å². The average molecular weight is 619 g/mol. The largest absolute Gasteiger partial charge is 1.00 e. The molecule has 12 nitrogen and oxygen atoms in total. The quantitative estimate of drug-likeness (QED) is 0.104. The van der Waals surface area contributed by atoms with E-state index in [-0.39, 0.29) is 91.3 Å². The number of rotatable bonds is 6. The summed E-state index contributed by atoms with van der Waals surface area (Å²) in [6.07, 6.45) is -2.26. The second-order valence-corrected chi connectivity index (χ2v) is 9.43. The fourth-order valence-corrected chi connectivity index (χ4v) is 4.26. The van der Waals surface area contributed by atoms with Crippen LogP contribution in [0.1, 0.15) is 5.56 Å². The predicted molar refractivity (Wildman–Crippen MR) is 130 cm³/mol. The van der Waals surface area contributed by atoms with Crippen LogP contribution in [0.15, 0.2) is 70.5 Å². The minimum Gasteiger partial charge on any atom is -0.790 e. The van der Waals surface area contributed by atoms with Gasteiger partial charge in [0, 0.05) is 24.0 Å². The van der Waals surface area contributed by atoms with Gasteiger partial charge in [0.15, 0.2) is 0 Å². The maximum absolute atomic E-state index is 13.6. The zero-order valence-corrected chi connectivity index (χ0v) is 27.0. The van der Waals surface area contributed by atoms with Crippen LogP contribution in [-0.2, 0) is 22.0 Å². The number of aromatic nitrogens is 5. The van der Waals surface area contributed by atoms with E-state index in [1.807, 2.05) is 0 Å². The first kappa shape index (κ1) is 34.1. The Kier molecular flexibility index (Phi) is 10.6. The van der Waals surface area contributed by atoms with E-state index in [1.54, 1.807) is 18.2 Å². The van der Waals surface area contributed by atoms with Crippen LogP contribution in [-0.4, -0.2) is 31.2 Å². The first-order valence-corrected chi connectivity index (χ1v) is 12.6. The van der Waals surface area contributed by atoms with E-state index in [9.17, 15) is 37.1 Å². The summed E-state index contributed by atoms with van der Waals surface area (Å²) in [5, 5.41) is -0.308. The number of halogens is 3. The molecule has 5 rings (SSSR count). The predicted octanol–water partition coefficient (Wildman–Crippen LogP) is -4.00. The number of ether oxygens (including phenoxy) is 1. The molecular weight excluding hydrogens is 604 g/mol. The second kappa shape index (κ2) is 13.1. The molecule has 0 atom stereocenters. The first-order chi connectivity index (χ1) is 18.9. The molecule has 0 aliphatic heterocycles. The Labute approximate surface area is 278 Å². The van der Waals surface area contributed by atoms with Gasteiger partial charge in [-0.1, -0.05) is 6.07 Å². The molecule has 206 valence electrons. The summed E-state index contributed by atoms with van der Waals surface area (Å²) in [6.45, 7) is -1.31. The number of hydrogen-bond donors (Lipinski definition) is 0. The number of benzene rings is 1. The molecule has 0 aliphatic carbocycles. The van der Waals surface area contributed by atoms with Gasteiger partial charge in [0.2, 0.25) is 5.88 Å². The molecule has 0 unspecified atom stereocenters. The Bertz CT molecular complexity index is 1950. The summed E-state index contributed by atoms with van der Waals surface area (Å²) in [6, 6.07) is 10.0. The third-order valence-electron chi connectivity index (χ3n) is 5.83. The minimum atomic E-state index is -5.63. The van der Waals surface area contributed by atoms with Gasteiger partial charge in [-0.3, -0.25) is 14.3 Å². The Morgan fingerprint density at radius 2 is 1.74 bits per heavy atom. The van der Waals surface area contributed by atoms with Crippen LogP contribution in [0, 0.1) is 0 Å².